The van der Waals surface area contributed by atoms with Crippen LogP contribution in [-0.2, 0) is 25.2 Å². The van der Waals surface area contributed by atoms with E-state index in [0.717, 1.165) is 19.2 Å². The second kappa shape index (κ2) is 9.05. The van der Waals surface area contributed by atoms with Crippen molar-refractivity contribution in [2.24, 2.45) is 0 Å². The van der Waals surface area contributed by atoms with Gasteiger partial charge >= 0.3 is 18.1 Å². The molecule has 0 saturated carbocycles. The maximum atomic E-state index is 13.2. The molecule has 1 aromatic heterocycles. The van der Waals surface area contributed by atoms with E-state index >= 15 is 0 Å². The van der Waals surface area contributed by atoms with Gasteiger partial charge in [-0.25, -0.2) is 9.59 Å². The normalized spacial score (nSPS) is 11.7. The standard InChI is InChI=1S/C20H16ClF3N2O4/c1-11-6-13(7-14(9-25)19(28)30-10-18(27)29-3)12(2)26(11)15-4-5-17(21)16(8-15)20(22,23)24/h4-8H,10H2,1-3H3/b14-7+. The first kappa shape index (κ1) is 23.0. The maximum absolute atomic E-state index is 13.2. The Labute approximate surface area is 175 Å². The fourth-order valence-corrected chi connectivity index (χ4v) is 2.98. The molecule has 0 aliphatic carbocycles. The number of halogens is 4. The minimum Gasteiger partial charge on any atom is -0.466 e. The number of methoxy groups -OCH3 is 1. The van der Waals surface area contributed by atoms with Gasteiger partial charge in [-0.3, -0.25) is 0 Å². The van der Waals surface area contributed by atoms with Crippen LogP contribution in [-0.4, -0.2) is 30.2 Å². The van der Waals surface area contributed by atoms with E-state index in [2.05, 4.69) is 4.74 Å². The summed E-state index contributed by atoms with van der Waals surface area (Å²) in [6.45, 7) is 2.63. The molecule has 6 nitrogen and oxygen atoms in total. The molecule has 2 aromatic rings. The van der Waals surface area contributed by atoms with Gasteiger partial charge in [0.25, 0.3) is 0 Å². The third-order valence-corrected chi connectivity index (χ3v) is 4.50. The molecule has 0 bridgehead atoms. The summed E-state index contributed by atoms with van der Waals surface area (Å²) in [5, 5.41) is 8.82. The van der Waals surface area contributed by atoms with Gasteiger partial charge in [-0.1, -0.05) is 11.6 Å². The molecular weight excluding hydrogens is 425 g/mol. The third-order valence-electron chi connectivity index (χ3n) is 4.17. The number of carbonyl (C=O) groups excluding carboxylic acids is 2. The van der Waals surface area contributed by atoms with Gasteiger partial charge in [0.1, 0.15) is 11.6 Å². The molecule has 10 heteroatoms. The van der Waals surface area contributed by atoms with E-state index < -0.39 is 35.3 Å². The molecule has 0 aliphatic heterocycles. The van der Waals surface area contributed by atoms with Crippen molar-refractivity contribution in [1.82, 2.24) is 4.57 Å². The first-order valence-electron chi connectivity index (χ1n) is 8.41. The van der Waals surface area contributed by atoms with E-state index in [1.165, 1.54) is 16.7 Å². The second-order valence-electron chi connectivity index (χ2n) is 6.15. The zero-order valence-corrected chi connectivity index (χ0v) is 16.9. The minimum atomic E-state index is -4.62. The monoisotopic (exact) mass is 440 g/mol. The number of hydrogen-bond donors (Lipinski definition) is 0. The number of rotatable bonds is 5. The van der Waals surface area contributed by atoms with Gasteiger partial charge in [0, 0.05) is 17.1 Å². The van der Waals surface area contributed by atoms with Crippen molar-refractivity contribution < 1.29 is 32.2 Å². The molecule has 0 fully saturated rings. The van der Waals surface area contributed by atoms with E-state index in [1.807, 2.05) is 0 Å². The Balaban J connectivity index is 2.45. The number of aryl methyl sites for hydroxylation is 1. The summed E-state index contributed by atoms with van der Waals surface area (Å²) in [6, 6.07) is 6.79. The lowest BCUT2D eigenvalue weighted by Gasteiger charge is -2.14. The predicted octanol–water partition coefficient (Wildman–Crippen LogP) is 4.39. The molecule has 0 spiro atoms. The Morgan fingerprint density at radius 2 is 1.93 bits per heavy atom. The molecular formula is C20H16ClF3N2O4. The number of alkyl halides is 3. The smallest absolute Gasteiger partial charge is 0.417 e. The summed E-state index contributed by atoms with van der Waals surface area (Å²) in [4.78, 5) is 23.1. The molecule has 2 rings (SSSR count). The van der Waals surface area contributed by atoms with Gasteiger partial charge in [0.05, 0.1) is 17.7 Å². The van der Waals surface area contributed by atoms with Crippen LogP contribution in [0.4, 0.5) is 13.2 Å². The maximum Gasteiger partial charge on any atom is 0.417 e. The van der Waals surface area contributed by atoms with Crippen LogP contribution < -0.4 is 0 Å². The van der Waals surface area contributed by atoms with E-state index in [9.17, 15) is 28.0 Å². The lowest BCUT2D eigenvalue weighted by atomic mass is 10.1. The minimum absolute atomic E-state index is 0.216. The molecule has 0 N–H and O–H groups in total. The Morgan fingerprint density at radius 1 is 1.27 bits per heavy atom. The van der Waals surface area contributed by atoms with Crippen molar-refractivity contribution in [3.63, 3.8) is 0 Å². The highest BCUT2D eigenvalue weighted by molar-refractivity contribution is 6.31. The third kappa shape index (κ3) is 5.02. The van der Waals surface area contributed by atoms with Crippen LogP contribution in [0.5, 0.6) is 0 Å². The van der Waals surface area contributed by atoms with E-state index in [0.29, 0.717) is 17.0 Å². The molecule has 0 radical (unpaired) electrons. The van der Waals surface area contributed by atoms with Crippen molar-refractivity contribution in [1.29, 1.82) is 5.26 Å². The second-order valence-corrected chi connectivity index (χ2v) is 6.55. The Morgan fingerprint density at radius 3 is 2.50 bits per heavy atom. The number of ether oxygens (including phenoxy) is 2. The highest BCUT2D eigenvalue weighted by atomic mass is 35.5. The average molecular weight is 441 g/mol. The summed E-state index contributed by atoms with van der Waals surface area (Å²) < 4.78 is 50.1. The van der Waals surface area contributed by atoms with E-state index in [-0.39, 0.29) is 11.3 Å². The topological polar surface area (TPSA) is 81.3 Å². The fourth-order valence-electron chi connectivity index (χ4n) is 2.75. The number of esters is 2. The summed E-state index contributed by atoms with van der Waals surface area (Å²) in [5.41, 5.74) is 0.322. The largest absolute Gasteiger partial charge is 0.466 e. The van der Waals surface area contributed by atoms with Gasteiger partial charge < -0.3 is 14.0 Å². The first-order valence-corrected chi connectivity index (χ1v) is 8.79. The van der Waals surface area contributed by atoms with E-state index in [4.69, 9.17) is 16.3 Å². The highest BCUT2D eigenvalue weighted by Crippen LogP contribution is 2.36. The van der Waals surface area contributed by atoms with Gasteiger partial charge in [-0.2, -0.15) is 18.4 Å². The molecule has 0 atom stereocenters. The van der Waals surface area contributed by atoms with Crippen molar-refractivity contribution >= 4 is 29.6 Å². The molecule has 0 aliphatic rings. The Hall–Kier alpha value is -3.25. The highest BCUT2D eigenvalue weighted by Gasteiger charge is 2.33. The quantitative estimate of drug-likeness (QED) is 0.391. The summed E-state index contributed by atoms with van der Waals surface area (Å²) in [5.74, 6) is -1.82. The fraction of sp³-hybridized carbons (Fsp3) is 0.250. The molecule has 0 amide bonds. The lowest BCUT2D eigenvalue weighted by Crippen LogP contribution is -2.15. The molecule has 30 heavy (non-hydrogen) atoms. The number of aromatic nitrogens is 1. The van der Waals surface area contributed by atoms with Crippen molar-refractivity contribution in [3.8, 4) is 11.8 Å². The predicted molar refractivity (Wildman–Crippen MR) is 102 cm³/mol. The van der Waals surface area contributed by atoms with Crippen LogP contribution in [0.3, 0.4) is 0 Å². The van der Waals surface area contributed by atoms with Crippen LogP contribution in [0.25, 0.3) is 11.8 Å². The zero-order valence-electron chi connectivity index (χ0n) is 16.1. The molecule has 0 unspecified atom stereocenters. The number of carbonyl (C=O) groups is 2. The lowest BCUT2D eigenvalue weighted by molar-refractivity contribution is -0.154. The van der Waals surface area contributed by atoms with Gasteiger partial charge in [-0.05, 0) is 49.8 Å². The SMILES string of the molecule is COC(=O)COC(=O)/C(C#N)=C/c1cc(C)n(-c2ccc(Cl)c(C(F)(F)F)c2)c1C. The van der Waals surface area contributed by atoms with Crippen LogP contribution in [0, 0.1) is 25.2 Å². The number of nitrogens with zero attached hydrogens (tertiary/aromatic N) is 2. The van der Waals surface area contributed by atoms with Crippen molar-refractivity contribution in [2.75, 3.05) is 13.7 Å². The molecule has 158 valence electrons. The summed E-state index contributed by atoms with van der Waals surface area (Å²) >= 11 is 5.68. The molecule has 1 heterocycles. The van der Waals surface area contributed by atoms with Crippen LogP contribution in [0.2, 0.25) is 5.02 Å². The van der Waals surface area contributed by atoms with Crippen molar-refractivity contribution in [3.05, 3.63) is 57.4 Å². The van der Waals surface area contributed by atoms with Crippen LogP contribution in [0.15, 0.2) is 29.8 Å². The Kier molecular flexibility index (Phi) is 6.95. The summed E-state index contributed by atoms with van der Waals surface area (Å²) in [7, 11) is 1.12. The van der Waals surface area contributed by atoms with Gasteiger partial charge in [0.2, 0.25) is 0 Å². The van der Waals surface area contributed by atoms with Gasteiger partial charge in [0.15, 0.2) is 6.61 Å². The van der Waals surface area contributed by atoms with Crippen LogP contribution in [0.1, 0.15) is 22.5 Å². The average Bonchev–Trinajstić information content (AvgIpc) is 2.96. The number of nitriles is 1. The number of benzene rings is 1. The summed E-state index contributed by atoms with van der Waals surface area (Å²) in [6.07, 6.45) is -3.39. The Bertz CT molecular complexity index is 1070. The first-order chi connectivity index (χ1) is 14.0. The van der Waals surface area contributed by atoms with Crippen LogP contribution >= 0.6 is 11.6 Å². The molecule has 1 aromatic carbocycles. The van der Waals surface area contributed by atoms with Crippen molar-refractivity contribution in [2.45, 2.75) is 20.0 Å². The number of hydrogen-bond acceptors (Lipinski definition) is 5. The molecule has 0 saturated heterocycles. The van der Waals surface area contributed by atoms with E-state index in [1.54, 1.807) is 26.0 Å². The van der Waals surface area contributed by atoms with Gasteiger partial charge in [-0.15, -0.1) is 0 Å². The zero-order chi connectivity index (χ0) is 22.6.